The zero-order valence-corrected chi connectivity index (χ0v) is 12.0. The highest BCUT2D eigenvalue weighted by atomic mass is 16.8. The average molecular weight is 342 g/mol. The third-order valence-electron chi connectivity index (χ3n) is 3.97. The number of ether oxygens (including phenoxy) is 3. The fourth-order valence-corrected chi connectivity index (χ4v) is 2.49. The topological polar surface area (TPSA) is 190 Å². The lowest BCUT2D eigenvalue weighted by Crippen LogP contribution is -2.63. The van der Waals surface area contributed by atoms with E-state index < -0.39 is 74.6 Å². The lowest BCUT2D eigenvalue weighted by molar-refractivity contribution is -0.376. The summed E-state index contributed by atoms with van der Waals surface area (Å²) >= 11 is 0. The highest BCUT2D eigenvalue weighted by molar-refractivity contribution is 4.92. The van der Waals surface area contributed by atoms with Crippen LogP contribution in [0, 0.1) is 0 Å². The van der Waals surface area contributed by atoms with Crippen molar-refractivity contribution in [2.45, 2.75) is 61.4 Å². The van der Waals surface area contributed by atoms with Gasteiger partial charge in [0.1, 0.15) is 48.8 Å². The highest BCUT2D eigenvalue weighted by Crippen LogP contribution is 2.27. The molecule has 0 spiro atoms. The Labute approximate surface area is 130 Å². The first kappa shape index (κ1) is 18.9. The van der Waals surface area contributed by atoms with E-state index in [1.54, 1.807) is 0 Å². The first-order valence-corrected chi connectivity index (χ1v) is 7.08. The molecule has 0 unspecified atom stereocenters. The van der Waals surface area contributed by atoms with Crippen LogP contribution in [-0.2, 0) is 14.2 Å². The van der Waals surface area contributed by atoms with Crippen molar-refractivity contribution in [3.8, 4) is 0 Å². The summed E-state index contributed by atoms with van der Waals surface area (Å²) in [4.78, 5) is 0. The molecule has 8 N–H and O–H groups in total. The molecule has 10 atom stereocenters. The minimum atomic E-state index is -1.72. The summed E-state index contributed by atoms with van der Waals surface area (Å²) in [7, 11) is 0. The van der Waals surface area contributed by atoms with Gasteiger partial charge in [0.25, 0.3) is 0 Å². The summed E-state index contributed by atoms with van der Waals surface area (Å²) in [5.74, 6) is 0. The molecule has 2 saturated heterocycles. The van der Waals surface area contributed by atoms with Gasteiger partial charge in [-0.1, -0.05) is 0 Å². The van der Waals surface area contributed by atoms with Gasteiger partial charge in [-0.2, -0.15) is 0 Å². The Balaban J connectivity index is 2.07. The number of rotatable bonds is 4. The average Bonchev–Trinajstić information content (AvgIpc) is 2.55. The van der Waals surface area contributed by atoms with Gasteiger partial charge < -0.3 is 55.1 Å². The molecule has 2 fully saturated rings. The minimum absolute atomic E-state index is 0.667. The van der Waals surface area contributed by atoms with Gasteiger partial charge in [-0.25, -0.2) is 0 Å². The quantitative estimate of drug-likeness (QED) is 0.243. The minimum Gasteiger partial charge on any atom is -0.394 e. The summed E-state index contributed by atoms with van der Waals surface area (Å²) in [6.45, 7) is -1.33. The maximum Gasteiger partial charge on any atom is 0.189 e. The molecule has 0 amide bonds. The van der Waals surface area contributed by atoms with Crippen LogP contribution in [0.2, 0.25) is 0 Å². The number of aliphatic hydroxyl groups excluding tert-OH is 8. The second-order valence-electron chi connectivity index (χ2n) is 5.53. The fourth-order valence-electron chi connectivity index (χ4n) is 2.49. The number of hydrogen-bond donors (Lipinski definition) is 8. The first-order valence-electron chi connectivity index (χ1n) is 7.08. The number of hydrogen-bond acceptors (Lipinski definition) is 11. The zero-order chi connectivity index (χ0) is 17.3. The van der Waals surface area contributed by atoms with Gasteiger partial charge in [-0.3, -0.25) is 0 Å². The van der Waals surface area contributed by atoms with Crippen molar-refractivity contribution in [3.05, 3.63) is 0 Å². The van der Waals surface area contributed by atoms with Gasteiger partial charge in [0, 0.05) is 0 Å². The second kappa shape index (κ2) is 7.63. The molecule has 0 aliphatic carbocycles. The molecule has 23 heavy (non-hydrogen) atoms. The van der Waals surface area contributed by atoms with Gasteiger partial charge >= 0.3 is 0 Å². The Kier molecular flexibility index (Phi) is 6.27. The van der Waals surface area contributed by atoms with Crippen molar-refractivity contribution in [2.75, 3.05) is 13.2 Å². The molecule has 2 rings (SSSR count). The van der Waals surface area contributed by atoms with E-state index in [4.69, 9.17) is 24.4 Å². The van der Waals surface area contributed by atoms with Gasteiger partial charge in [0.2, 0.25) is 0 Å². The summed E-state index contributed by atoms with van der Waals surface area (Å²) in [6.07, 6.45) is -15.6. The van der Waals surface area contributed by atoms with Crippen LogP contribution in [0.25, 0.3) is 0 Å². The normalized spacial score (nSPS) is 51.7. The molecular weight excluding hydrogens is 320 g/mol. The fraction of sp³-hybridized carbons (Fsp3) is 1.00. The van der Waals surface area contributed by atoms with Gasteiger partial charge in [0.05, 0.1) is 13.2 Å². The zero-order valence-electron chi connectivity index (χ0n) is 12.0. The Morgan fingerprint density at radius 1 is 0.565 bits per heavy atom. The SMILES string of the molecule is OC[C@H]1O[C@@H](O[C@H]2O[C@H](CO)[C@@H](O)[C@H](O)[C@@H]2O)[C@@H](O)[C@@H](O)[C@@H]1O. The smallest absolute Gasteiger partial charge is 0.189 e. The van der Waals surface area contributed by atoms with E-state index in [0.717, 1.165) is 0 Å². The largest absolute Gasteiger partial charge is 0.394 e. The molecule has 136 valence electrons. The van der Waals surface area contributed by atoms with Crippen molar-refractivity contribution < 1.29 is 55.1 Å². The molecule has 0 aromatic heterocycles. The van der Waals surface area contributed by atoms with Crippen molar-refractivity contribution in [1.82, 2.24) is 0 Å². The standard InChI is InChI=1S/C12H22O11/c13-1-3-5(15)7(17)9(19)11(21-3)23-12-10(20)8(18)6(16)4(2-14)22-12/h3-20H,1-2H2/t3-,4-,5-,6-,7+,8+,9+,10+,11-,12+/m1/s1. The third kappa shape index (κ3) is 3.65. The summed E-state index contributed by atoms with van der Waals surface area (Å²) < 4.78 is 15.3. The van der Waals surface area contributed by atoms with Crippen LogP contribution in [-0.4, -0.2) is 115 Å². The van der Waals surface area contributed by atoms with Crippen LogP contribution in [0.4, 0.5) is 0 Å². The highest BCUT2D eigenvalue weighted by Gasteiger charge is 2.49. The van der Waals surface area contributed by atoms with Crippen molar-refractivity contribution in [1.29, 1.82) is 0 Å². The van der Waals surface area contributed by atoms with Crippen molar-refractivity contribution in [2.24, 2.45) is 0 Å². The van der Waals surface area contributed by atoms with E-state index in [9.17, 15) is 30.6 Å². The van der Waals surface area contributed by atoms with Gasteiger partial charge in [-0.05, 0) is 0 Å². The van der Waals surface area contributed by atoms with E-state index >= 15 is 0 Å². The molecule has 2 aliphatic rings. The van der Waals surface area contributed by atoms with E-state index in [1.165, 1.54) is 0 Å². The lowest BCUT2D eigenvalue weighted by Gasteiger charge is -2.44. The molecule has 2 heterocycles. The van der Waals surface area contributed by atoms with E-state index in [0.29, 0.717) is 0 Å². The molecule has 11 heteroatoms. The second-order valence-corrected chi connectivity index (χ2v) is 5.53. The van der Waals surface area contributed by atoms with E-state index in [2.05, 4.69) is 0 Å². The Morgan fingerprint density at radius 2 is 0.913 bits per heavy atom. The first-order chi connectivity index (χ1) is 10.8. The van der Waals surface area contributed by atoms with Crippen LogP contribution in [0.3, 0.4) is 0 Å². The van der Waals surface area contributed by atoms with E-state index in [1.807, 2.05) is 0 Å². The van der Waals surface area contributed by atoms with Crippen LogP contribution >= 0.6 is 0 Å². The van der Waals surface area contributed by atoms with Crippen LogP contribution in [0.15, 0.2) is 0 Å². The van der Waals surface area contributed by atoms with Gasteiger partial charge in [-0.15, -0.1) is 0 Å². The molecular formula is C12H22O11. The predicted molar refractivity (Wildman–Crippen MR) is 68.6 cm³/mol. The van der Waals surface area contributed by atoms with E-state index in [-0.39, 0.29) is 0 Å². The molecule has 11 nitrogen and oxygen atoms in total. The monoisotopic (exact) mass is 342 g/mol. The summed E-state index contributed by atoms with van der Waals surface area (Å²) in [6, 6.07) is 0. The predicted octanol–water partition coefficient (Wildman–Crippen LogP) is -5.40. The third-order valence-corrected chi connectivity index (χ3v) is 3.97. The molecule has 0 aromatic rings. The Bertz CT molecular complexity index is 344. The molecule has 0 radical (unpaired) electrons. The summed E-state index contributed by atoms with van der Waals surface area (Å²) in [5, 5.41) is 76.4. The van der Waals surface area contributed by atoms with Crippen LogP contribution < -0.4 is 0 Å². The van der Waals surface area contributed by atoms with Crippen molar-refractivity contribution >= 4 is 0 Å². The van der Waals surface area contributed by atoms with Crippen LogP contribution in [0.1, 0.15) is 0 Å². The Hall–Kier alpha value is -0.440. The number of aliphatic hydroxyl groups is 8. The maximum absolute atomic E-state index is 9.84. The van der Waals surface area contributed by atoms with Gasteiger partial charge in [0.15, 0.2) is 12.6 Å². The maximum atomic E-state index is 9.84. The molecule has 0 bridgehead atoms. The van der Waals surface area contributed by atoms with Crippen LogP contribution in [0.5, 0.6) is 0 Å². The molecule has 2 aliphatic heterocycles. The Morgan fingerprint density at radius 3 is 1.22 bits per heavy atom. The lowest BCUT2D eigenvalue weighted by atomic mass is 9.98. The van der Waals surface area contributed by atoms with Crippen molar-refractivity contribution in [3.63, 3.8) is 0 Å². The molecule has 0 saturated carbocycles. The summed E-state index contributed by atoms with van der Waals surface area (Å²) in [5.41, 5.74) is 0. The molecule has 0 aromatic carbocycles.